The van der Waals surface area contributed by atoms with Crippen molar-refractivity contribution in [2.75, 3.05) is 31.6 Å². The number of fused-ring (bicyclic) bond motifs is 1. The molecule has 0 bridgehead atoms. The Morgan fingerprint density at radius 2 is 1.92 bits per heavy atom. The van der Waals surface area contributed by atoms with E-state index in [0.29, 0.717) is 11.4 Å². The molecule has 0 radical (unpaired) electrons. The number of ether oxygens (including phenoxy) is 2. The molecule has 0 aliphatic carbocycles. The smallest absolute Gasteiger partial charge is 0.309 e. The van der Waals surface area contributed by atoms with Crippen molar-refractivity contribution in [1.82, 2.24) is 4.90 Å². The summed E-state index contributed by atoms with van der Waals surface area (Å²) in [7, 11) is 1.27. The second-order valence-electron chi connectivity index (χ2n) is 6.22. The normalized spacial score (nSPS) is 19.9. The third kappa shape index (κ3) is 3.75. The number of hydrogen-bond acceptors (Lipinski definition) is 5. The number of methoxy groups -OCH3 is 1. The third-order valence-corrected chi connectivity index (χ3v) is 4.55. The molecule has 1 atom stereocenters. The fourth-order valence-electron chi connectivity index (χ4n) is 3.18. The summed E-state index contributed by atoms with van der Waals surface area (Å²) in [6.45, 7) is 1.41. The van der Waals surface area contributed by atoms with E-state index in [-0.39, 0.29) is 18.9 Å². The molecule has 1 saturated heterocycles. The van der Waals surface area contributed by atoms with Crippen molar-refractivity contribution in [2.45, 2.75) is 31.8 Å². The number of likely N-dealkylation sites (tertiary alicyclic amines) is 1. The molecule has 2 aliphatic rings. The number of esters is 1. The molecule has 7 nitrogen and oxygen atoms in total. The van der Waals surface area contributed by atoms with Gasteiger partial charge in [-0.05, 0) is 31.4 Å². The molecule has 3 rings (SSSR count). The van der Waals surface area contributed by atoms with Crippen LogP contribution in [0, 0.1) is 0 Å². The Labute approximate surface area is 146 Å². The summed E-state index contributed by atoms with van der Waals surface area (Å²) < 4.78 is 10.3. The van der Waals surface area contributed by atoms with E-state index in [9.17, 15) is 14.4 Å². The van der Waals surface area contributed by atoms with Crippen molar-refractivity contribution in [2.24, 2.45) is 0 Å². The first-order chi connectivity index (χ1) is 12.1. The Hall–Kier alpha value is -2.57. The lowest BCUT2D eigenvalue weighted by atomic mass is 10.1. The van der Waals surface area contributed by atoms with Crippen LogP contribution in [0.15, 0.2) is 24.3 Å². The second kappa shape index (κ2) is 7.55. The van der Waals surface area contributed by atoms with Gasteiger partial charge in [-0.3, -0.25) is 19.3 Å². The summed E-state index contributed by atoms with van der Waals surface area (Å²) >= 11 is 0. The van der Waals surface area contributed by atoms with Crippen LogP contribution in [0.25, 0.3) is 0 Å². The molecular weight excluding hydrogens is 324 g/mol. The number of nitrogens with zero attached hydrogens (tertiary/aromatic N) is 2. The fourth-order valence-corrected chi connectivity index (χ4v) is 3.18. The van der Waals surface area contributed by atoms with Gasteiger partial charge in [0.05, 0.1) is 19.2 Å². The van der Waals surface area contributed by atoms with Crippen LogP contribution in [0.4, 0.5) is 5.69 Å². The average molecular weight is 346 g/mol. The van der Waals surface area contributed by atoms with Gasteiger partial charge in [0.15, 0.2) is 6.10 Å². The number of amides is 2. The molecule has 2 aliphatic heterocycles. The van der Waals surface area contributed by atoms with E-state index in [1.165, 1.54) is 12.0 Å². The van der Waals surface area contributed by atoms with Crippen LogP contribution in [0.5, 0.6) is 5.75 Å². The zero-order chi connectivity index (χ0) is 17.8. The van der Waals surface area contributed by atoms with Crippen LogP contribution in [0.3, 0.4) is 0 Å². The molecular formula is C18H22N2O5. The molecule has 7 heteroatoms. The Morgan fingerprint density at radius 3 is 2.64 bits per heavy atom. The van der Waals surface area contributed by atoms with E-state index in [1.54, 1.807) is 29.2 Å². The molecule has 0 spiro atoms. The zero-order valence-corrected chi connectivity index (χ0v) is 14.3. The molecule has 1 aromatic rings. The summed E-state index contributed by atoms with van der Waals surface area (Å²) in [6, 6.07) is 7.04. The first kappa shape index (κ1) is 17.3. The van der Waals surface area contributed by atoms with Gasteiger partial charge in [-0.2, -0.15) is 0 Å². The van der Waals surface area contributed by atoms with Crippen LogP contribution in [-0.2, 0) is 19.1 Å². The van der Waals surface area contributed by atoms with Crippen molar-refractivity contribution in [1.29, 1.82) is 0 Å². The highest BCUT2D eigenvalue weighted by Gasteiger charge is 2.37. The maximum atomic E-state index is 12.8. The predicted octanol–water partition coefficient (Wildman–Crippen LogP) is 1.36. The maximum Gasteiger partial charge on any atom is 0.309 e. The number of carbonyl (C=O) groups excluding carboxylic acids is 3. The zero-order valence-electron chi connectivity index (χ0n) is 14.3. The Balaban J connectivity index is 1.80. The van der Waals surface area contributed by atoms with Gasteiger partial charge in [0, 0.05) is 13.1 Å². The quantitative estimate of drug-likeness (QED) is 0.770. The van der Waals surface area contributed by atoms with Gasteiger partial charge >= 0.3 is 5.97 Å². The van der Waals surface area contributed by atoms with Crippen LogP contribution in [0.1, 0.15) is 25.7 Å². The molecule has 134 valence electrons. The summed E-state index contributed by atoms with van der Waals surface area (Å²) in [5.74, 6) is -0.515. The Morgan fingerprint density at radius 1 is 1.20 bits per heavy atom. The molecule has 2 heterocycles. The Bertz CT molecular complexity index is 669. The number of rotatable bonds is 4. The molecule has 0 N–H and O–H groups in total. The first-order valence-corrected chi connectivity index (χ1v) is 8.52. The summed E-state index contributed by atoms with van der Waals surface area (Å²) in [5.41, 5.74) is 0.555. The van der Waals surface area contributed by atoms with E-state index < -0.39 is 18.0 Å². The highest BCUT2D eigenvalue weighted by molar-refractivity contribution is 6.05. The number of hydrogen-bond donors (Lipinski definition) is 0. The van der Waals surface area contributed by atoms with Crippen LogP contribution in [-0.4, -0.2) is 55.5 Å². The van der Waals surface area contributed by atoms with Crippen molar-refractivity contribution < 1.29 is 23.9 Å². The first-order valence-electron chi connectivity index (χ1n) is 8.52. The lowest BCUT2D eigenvalue weighted by Gasteiger charge is -2.35. The number of para-hydroxylation sites is 2. The molecule has 25 heavy (non-hydrogen) atoms. The van der Waals surface area contributed by atoms with E-state index in [0.717, 1.165) is 32.4 Å². The highest BCUT2D eigenvalue weighted by Crippen LogP contribution is 2.34. The number of carbonyl (C=O) groups is 3. The van der Waals surface area contributed by atoms with E-state index in [4.69, 9.17) is 4.74 Å². The number of benzene rings is 1. The number of anilines is 1. The molecule has 1 aromatic carbocycles. The minimum absolute atomic E-state index is 0.0448. The summed E-state index contributed by atoms with van der Waals surface area (Å²) in [4.78, 5) is 40.2. The highest BCUT2D eigenvalue weighted by atomic mass is 16.5. The van der Waals surface area contributed by atoms with Crippen LogP contribution >= 0.6 is 0 Å². The monoisotopic (exact) mass is 346 g/mol. The second-order valence-corrected chi connectivity index (χ2v) is 6.22. The maximum absolute atomic E-state index is 12.8. The van der Waals surface area contributed by atoms with Gasteiger partial charge < -0.3 is 14.4 Å². The summed E-state index contributed by atoms with van der Waals surface area (Å²) in [6.07, 6.45) is 1.95. The van der Waals surface area contributed by atoms with Crippen molar-refractivity contribution in [3.05, 3.63) is 24.3 Å². The van der Waals surface area contributed by atoms with Gasteiger partial charge in [-0.1, -0.05) is 12.1 Å². The van der Waals surface area contributed by atoms with Crippen LogP contribution in [0.2, 0.25) is 0 Å². The average Bonchev–Trinajstić information content (AvgIpc) is 2.65. The van der Waals surface area contributed by atoms with E-state index in [1.807, 2.05) is 0 Å². The van der Waals surface area contributed by atoms with Crippen molar-refractivity contribution >= 4 is 23.5 Å². The lowest BCUT2D eigenvalue weighted by molar-refractivity contribution is -0.145. The minimum atomic E-state index is -0.975. The largest absolute Gasteiger partial charge is 0.478 e. The summed E-state index contributed by atoms with van der Waals surface area (Å²) in [5, 5.41) is 0. The van der Waals surface area contributed by atoms with Gasteiger partial charge in [0.2, 0.25) is 5.91 Å². The van der Waals surface area contributed by atoms with E-state index in [2.05, 4.69) is 4.74 Å². The van der Waals surface area contributed by atoms with Crippen molar-refractivity contribution in [3.63, 3.8) is 0 Å². The SMILES string of the molecule is COC(=O)C[C@H]1Oc2ccccc2N(CC(=O)N2CCCCC2)C1=O. The molecule has 0 saturated carbocycles. The van der Waals surface area contributed by atoms with Gasteiger partial charge in [-0.25, -0.2) is 0 Å². The molecule has 1 fully saturated rings. The molecule has 2 amide bonds. The van der Waals surface area contributed by atoms with Crippen LogP contribution < -0.4 is 9.64 Å². The fraction of sp³-hybridized carbons (Fsp3) is 0.500. The molecule has 0 unspecified atom stereocenters. The van der Waals surface area contributed by atoms with Crippen molar-refractivity contribution in [3.8, 4) is 5.75 Å². The van der Waals surface area contributed by atoms with Gasteiger partial charge in [0.25, 0.3) is 5.91 Å². The topological polar surface area (TPSA) is 76.2 Å². The lowest BCUT2D eigenvalue weighted by Crippen LogP contribution is -2.51. The predicted molar refractivity (Wildman–Crippen MR) is 90.3 cm³/mol. The minimum Gasteiger partial charge on any atom is -0.478 e. The molecule has 0 aromatic heterocycles. The van der Waals surface area contributed by atoms with Gasteiger partial charge in [-0.15, -0.1) is 0 Å². The van der Waals surface area contributed by atoms with E-state index >= 15 is 0 Å². The number of piperidine rings is 1. The Kier molecular flexibility index (Phi) is 5.21. The third-order valence-electron chi connectivity index (χ3n) is 4.55. The standard InChI is InChI=1S/C18H22N2O5/c1-24-17(22)11-15-18(23)20(13-7-3-4-8-14(13)25-15)12-16(21)19-9-5-2-6-10-19/h3-4,7-8,15H,2,5-6,9-12H2,1H3/t15-/m1/s1. The van der Waals surface area contributed by atoms with Gasteiger partial charge in [0.1, 0.15) is 12.3 Å².